The van der Waals surface area contributed by atoms with E-state index in [1.807, 2.05) is 6.92 Å². The van der Waals surface area contributed by atoms with E-state index >= 15 is 0 Å². The summed E-state index contributed by atoms with van der Waals surface area (Å²) in [7, 11) is 0. The molecule has 1 aromatic carbocycles. The standard InChI is InChI=1S/C25H28F7NO3/c1-2-22(21(35)36)10-7-14(8-11-22)20(34)33-12-9-18-17-5-4-16(13-15(17)3-6-19(18)33)23(26,24(27,28)29)25(30,31)32/h4-5,13-14,18-19H,2-3,6-12H2,1H3,(H,35,36)/t14?,18-,19+,22?/m0/s1. The summed E-state index contributed by atoms with van der Waals surface area (Å²) < 4.78 is 93.7. The number of amides is 1. The Balaban J connectivity index is 1.53. The van der Waals surface area contributed by atoms with Crippen LogP contribution in [0.25, 0.3) is 0 Å². The van der Waals surface area contributed by atoms with Crippen LogP contribution in [-0.4, -0.2) is 46.8 Å². The maximum absolute atomic E-state index is 14.5. The number of rotatable bonds is 4. The number of nitrogens with zero attached hydrogens (tertiary/aromatic N) is 1. The Hall–Kier alpha value is -2.33. The molecule has 4 rings (SSSR count). The minimum absolute atomic E-state index is 0.0745. The second-order valence-corrected chi connectivity index (χ2v) is 10.3. The summed E-state index contributed by atoms with van der Waals surface area (Å²) in [6, 6.07) is 2.14. The van der Waals surface area contributed by atoms with Crippen molar-refractivity contribution < 1.29 is 45.4 Å². The highest BCUT2D eigenvalue weighted by molar-refractivity contribution is 5.81. The molecule has 200 valence electrons. The van der Waals surface area contributed by atoms with Crippen LogP contribution >= 0.6 is 0 Å². The molecule has 0 radical (unpaired) electrons. The van der Waals surface area contributed by atoms with Crippen molar-refractivity contribution >= 4 is 11.9 Å². The lowest BCUT2D eigenvalue weighted by Gasteiger charge is -2.39. The van der Waals surface area contributed by atoms with Crippen LogP contribution in [0.2, 0.25) is 0 Å². The van der Waals surface area contributed by atoms with Crippen molar-refractivity contribution in [1.29, 1.82) is 0 Å². The third-order valence-electron chi connectivity index (χ3n) is 8.68. The fourth-order valence-corrected chi connectivity index (χ4v) is 6.41. The summed E-state index contributed by atoms with van der Waals surface area (Å²) in [5.41, 5.74) is -6.97. The van der Waals surface area contributed by atoms with Crippen molar-refractivity contribution in [2.45, 2.75) is 88.3 Å². The van der Waals surface area contributed by atoms with Gasteiger partial charge in [0.25, 0.3) is 0 Å². The van der Waals surface area contributed by atoms with Crippen molar-refractivity contribution in [2.75, 3.05) is 6.54 Å². The molecule has 1 aliphatic heterocycles. The minimum atomic E-state index is -6.16. The number of carboxylic acid groups (broad SMARTS) is 1. The molecule has 1 amide bonds. The molecule has 1 saturated heterocycles. The van der Waals surface area contributed by atoms with Crippen LogP contribution in [0.4, 0.5) is 30.7 Å². The van der Waals surface area contributed by atoms with Gasteiger partial charge in [0.05, 0.1) is 5.41 Å². The summed E-state index contributed by atoms with van der Waals surface area (Å²) >= 11 is 0. The molecular weight excluding hydrogens is 495 g/mol. The maximum atomic E-state index is 14.5. The molecular formula is C25H28F7NO3. The van der Waals surface area contributed by atoms with Gasteiger partial charge in [-0.25, -0.2) is 4.39 Å². The van der Waals surface area contributed by atoms with E-state index in [1.165, 1.54) is 0 Å². The molecule has 11 heteroatoms. The number of alkyl halides is 7. The number of aryl methyl sites for hydroxylation is 1. The van der Waals surface area contributed by atoms with E-state index in [4.69, 9.17) is 0 Å². The molecule has 1 aromatic rings. The number of halogens is 7. The van der Waals surface area contributed by atoms with E-state index in [0.717, 1.165) is 6.07 Å². The van der Waals surface area contributed by atoms with Gasteiger partial charge < -0.3 is 10.0 Å². The lowest BCUT2D eigenvalue weighted by Crippen LogP contribution is -2.50. The number of hydrogen-bond donors (Lipinski definition) is 1. The second-order valence-electron chi connectivity index (χ2n) is 10.3. The van der Waals surface area contributed by atoms with E-state index in [9.17, 15) is 45.4 Å². The number of carbonyl (C=O) groups is 2. The average molecular weight is 523 g/mol. The smallest absolute Gasteiger partial charge is 0.435 e. The number of carboxylic acids is 1. The third-order valence-corrected chi connectivity index (χ3v) is 8.68. The highest BCUT2D eigenvalue weighted by Gasteiger charge is 2.73. The van der Waals surface area contributed by atoms with Crippen LogP contribution in [0.15, 0.2) is 18.2 Å². The number of carbonyl (C=O) groups excluding carboxylic acids is 1. The first-order chi connectivity index (χ1) is 16.7. The van der Waals surface area contributed by atoms with Gasteiger partial charge in [-0.3, -0.25) is 9.59 Å². The van der Waals surface area contributed by atoms with Crippen LogP contribution in [0.1, 0.15) is 74.5 Å². The van der Waals surface area contributed by atoms with E-state index in [1.54, 1.807) is 4.90 Å². The maximum Gasteiger partial charge on any atom is 0.435 e. The van der Waals surface area contributed by atoms with Crippen LogP contribution in [0, 0.1) is 11.3 Å². The molecule has 2 fully saturated rings. The zero-order chi connectivity index (χ0) is 26.7. The Labute approximate surface area is 203 Å². The van der Waals surface area contributed by atoms with E-state index in [2.05, 4.69) is 0 Å². The first-order valence-corrected chi connectivity index (χ1v) is 12.2. The van der Waals surface area contributed by atoms with Crippen LogP contribution in [0.3, 0.4) is 0 Å². The van der Waals surface area contributed by atoms with Gasteiger partial charge in [-0.05, 0) is 62.5 Å². The molecule has 36 heavy (non-hydrogen) atoms. The molecule has 0 unspecified atom stereocenters. The Kier molecular flexibility index (Phi) is 6.61. The van der Waals surface area contributed by atoms with Crippen LogP contribution in [-0.2, 0) is 21.7 Å². The van der Waals surface area contributed by atoms with Gasteiger partial charge in [-0.2, -0.15) is 26.3 Å². The van der Waals surface area contributed by atoms with Crippen molar-refractivity contribution in [2.24, 2.45) is 11.3 Å². The first-order valence-electron chi connectivity index (χ1n) is 12.2. The van der Waals surface area contributed by atoms with Crippen LogP contribution < -0.4 is 0 Å². The van der Waals surface area contributed by atoms with Gasteiger partial charge in [0, 0.05) is 30.0 Å². The largest absolute Gasteiger partial charge is 0.481 e. The van der Waals surface area contributed by atoms with Gasteiger partial charge >= 0.3 is 24.0 Å². The minimum Gasteiger partial charge on any atom is -0.481 e. The lowest BCUT2D eigenvalue weighted by molar-refractivity contribution is -0.348. The molecule has 0 bridgehead atoms. The number of aliphatic carboxylic acids is 1. The van der Waals surface area contributed by atoms with Gasteiger partial charge in [0.2, 0.25) is 5.91 Å². The van der Waals surface area contributed by atoms with E-state index in [-0.39, 0.29) is 35.8 Å². The Morgan fingerprint density at radius 3 is 2.14 bits per heavy atom. The summed E-state index contributed by atoms with van der Waals surface area (Å²) in [6.07, 6.45) is -9.12. The molecule has 1 N–H and O–H groups in total. The van der Waals surface area contributed by atoms with Crippen molar-refractivity contribution in [3.05, 3.63) is 34.9 Å². The summed E-state index contributed by atoms with van der Waals surface area (Å²) in [4.78, 5) is 26.8. The zero-order valence-electron chi connectivity index (χ0n) is 19.7. The molecule has 2 aliphatic carbocycles. The predicted octanol–water partition coefficient (Wildman–Crippen LogP) is 6.28. The number of benzene rings is 1. The van der Waals surface area contributed by atoms with Crippen LogP contribution in [0.5, 0.6) is 0 Å². The molecule has 4 nitrogen and oxygen atoms in total. The molecule has 2 atom stereocenters. The molecule has 0 aromatic heterocycles. The highest BCUT2D eigenvalue weighted by Crippen LogP contribution is 2.54. The Bertz CT molecular complexity index is 1010. The predicted molar refractivity (Wildman–Crippen MR) is 115 cm³/mol. The lowest BCUT2D eigenvalue weighted by atomic mass is 9.68. The first kappa shape index (κ1) is 26.7. The SMILES string of the molecule is CCC1(C(=O)O)CCC(C(=O)N2CC[C@H]3c4ccc(C(F)(C(F)(F)F)C(F)(F)F)cc4CC[C@H]32)CC1. The number of fused-ring (bicyclic) bond motifs is 3. The van der Waals surface area contributed by atoms with E-state index in [0.29, 0.717) is 69.2 Å². The Morgan fingerprint density at radius 1 is 1.00 bits per heavy atom. The quantitative estimate of drug-likeness (QED) is 0.473. The highest BCUT2D eigenvalue weighted by atomic mass is 19.4. The monoisotopic (exact) mass is 523 g/mol. The average Bonchev–Trinajstić information content (AvgIpc) is 3.25. The molecule has 0 spiro atoms. The van der Waals surface area contributed by atoms with Crippen molar-refractivity contribution in [3.63, 3.8) is 0 Å². The van der Waals surface area contributed by atoms with Gasteiger partial charge in [0.1, 0.15) is 0 Å². The second kappa shape index (κ2) is 8.90. The molecule has 1 heterocycles. The Morgan fingerprint density at radius 2 is 1.61 bits per heavy atom. The normalized spacial score (nSPS) is 29.0. The molecule has 3 aliphatic rings. The van der Waals surface area contributed by atoms with Gasteiger partial charge in [-0.15, -0.1) is 0 Å². The van der Waals surface area contributed by atoms with Crippen molar-refractivity contribution in [3.8, 4) is 0 Å². The molecule has 1 saturated carbocycles. The summed E-state index contributed by atoms with van der Waals surface area (Å²) in [5.74, 6) is -1.49. The van der Waals surface area contributed by atoms with Gasteiger partial charge in [0.15, 0.2) is 0 Å². The topological polar surface area (TPSA) is 57.6 Å². The number of likely N-dealkylation sites (tertiary alicyclic amines) is 1. The third kappa shape index (κ3) is 4.06. The van der Waals surface area contributed by atoms with Gasteiger partial charge in [-0.1, -0.05) is 25.1 Å². The fourth-order valence-electron chi connectivity index (χ4n) is 6.41. The summed E-state index contributed by atoms with van der Waals surface area (Å²) in [6.45, 7) is 2.23. The van der Waals surface area contributed by atoms with Crippen molar-refractivity contribution in [1.82, 2.24) is 4.90 Å². The van der Waals surface area contributed by atoms with E-state index < -0.39 is 35.0 Å². The zero-order valence-corrected chi connectivity index (χ0v) is 19.7. The fraction of sp³-hybridized carbons (Fsp3) is 0.680. The summed E-state index contributed by atoms with van der Waals surface area (Å²) in [5, 5.41) is 9.59. The number of hydrogen-bond acceptors (Lipinski definition) is 2.